The Hall–Kier alpha value is -1.84. The van der Waals surface area contributed by atoms with Crippen LogP contribution >= 0.6 is 0 Å². The van der Waals surface area contributed by atoms with Gasteiger partial charge in [-0.15, -0.1) is 0 Å². The monoisotopic (exact) mass is 217 g/mol. The number of aryl methyl sites for hydroxylation is 1. The lowest BCUT2D eigenvalue weighted by atomic mass is 10.1. The lowest BCUT2D eigenvalue weighted by Crippen LogP contribution is -2.50. The van der Waals surface area contributed by atoms with E-state index < -0.39 is 0 Å². The number of carbonyl (C=O) groups is 1. The van der Waals surface area contributed by atoms with Gasteiger partial charge in [-0.1, -0.05) is 30.3 Å². The first-order valence-corrected chi connectivity index (χ1v) is 5.42. The van der Waals surface area contributed by atoms with Gasteiger partial charge in [0, 0.05) is 6.42 Å². The maximum absolute atomic E-state index is 11.1. The van der Waals surface area contributed by atoms with Gasteiger partial charge < -0.3 is 0 Å². The highest BCUT2D eigenvalue weighted by Gasteiger charge is 2.17. The lowest BCUT2D eigenvalue weighted by molar-refractivity contribution is -0.122. The number of benzene rings is 1. The highest BCUT2D eigenvalue weighted by molar-refractivity contribution is 5.93. The number of carbonyl (C=O) groups excluding carboxylic acids is 1. The van der Waals surface area contributed by atoms with Crippen LogP contribution in [-0.4, -0.2) is 17.8 Å². The number of amides is 1. The van der Waals surface area contributed by atoms with E-state index in [4.69, 9.17) is 0 Å². The molecule has 1 amide bonds. The summed E-state index contributed by atoms with van der Waals surface area (Å²) in [6, 6.07) is 9.94. The van der Waals surface area contributed by atoms with E-state index in [1.807, 2.05) is 18.2 Å². The lowest BCUT2D eigenvalue weighted by Gasteiger charge is -2.19. The van der Waals surface area contributed by atoms with Gasteiger partial charge >= 0.3 is 0 Å². The molecule has 1 aliphatic rings. The van der Waals surface area contributed by atoms with Crippen molar-refractivity contribution in [3.05, 3.63) is 35.9 Å². The number of rotatable bonds is 3. The van der Waals surface area contributed by atoms with Crippen LogP contribution in [0.4, 0.5) is 0 Å². The van der Waals surface area contributed by atoms with Crippen LogP contribution in [0.3, 0.4) is 0 Å². The largest absolute Gasteiger partial charge is 0.286 e. The van der Waals surface area contributed by atoms with Gasteiger partial charge in [0.1, 0.15) is 11.9 Å². The number of hydrogen-bond donors (Lipinski definition) is 2. The van der Waals surface area contributed by atoms with Crippen molar-refractivity contribution in [2.45, 2.75) is 25.8 Å². The molecule has 1 aromatic rings. The fourth-order valence-electron chi connectivity index (χ4n) is 1.60. The average Bonchev–Trinajstić information content (AvgIpc) is 2.32. The van der Waals surface area contributed by atoms with Gasteiger partial charge in [-0.2, -0.15) is 0 Å². The van der Waals surface area contributed by atoms with Crippen LogP contribution in [0.15, 0.2) is 35.3 Å². The summed E-state index contributed by atoms with van der Waals surface area (Å²) in [5.41, 5.74) is 6.69. The van der Waals surface area contributed by atoms with E-state index in [0.29, 0.717) is 0 Å². The Morgan fingerprint density at radius 2 is 1.94 bits per heavy atom. The molecule has 0 saturated carbocycles. The van der Waals surface area contributed by atoms with Gasteiger partial charge in [-0.25, -0.2) is 0 Å². The molecule has 2 rings (SSSR count). The molecule has 0 spiro atoms. The predicted octanol–water partition coefficient (Wildman–Crippen LogP) is 1.04. The number of nitrogens with one attached hydrogen (secondary N) is 2. The van der Waals surface area contributed by atoms with Gasteiger partial charge in [0.2, 0.25) is 0 Å². The number of hydrogen-bond acceptors (Lipinski definition) is 3. The number of nitrogens with zero attached hydrogens (tertiary/aromatic N) is 1. The van der Waals surface area contributed by atoms with E-state index in [9.17, 15) is 4.79 Å². The molecule has 1 unspecified atom stereocenters. The summed E-state index contributed by atoms with van der Waals surface area (Å²) in [7, 11) is 0. The third-order valence-corrected chi connectivity index (χ3v) is 2.55. The van der Waals surface area contributed by atoms with Crippen LogP contribution in [0.1, 0.15) is 18.9 Å². The van der Waals surface area contributed by atoms with Gasteiger partial charge in [0.15, 0.2) is 0 Å². The van der Waals surface area contributed by atoms with E-state index in [2.05, 4.69) is 28.0 Å². The zero-order valence-corrected chi connectivity index (χ0v) is 9.23. The van der Waals surface area contributed by atoms with Crippen LogP contribution < -0.4 is 10.9 Å². The minimum absolute atomic E-state index is 0.0801. The molecule has 1 aromatic carbocycles. The minimum Gasteiger partial charge on any atom is -0.286 e. The highest BCUT2D eigenvalue weighted by Crippen LogP contribution is 2.04. The Morgan fingerprint density at radius 3 is 2.62 bits per heavy atom. The molecule has 1 heterocycles. The van der Waals surface area contributed by atoms with Crippen LogP contribution in [0.25, 0.3) is 0 Å². The van der Waals surface area contributed by atoms with Crippen molar-refractivity contribution >= 4 is 11.7 Å². The molecular weight excluding hydrogens is 202 g/mol. The summed E-state index contributed by atoms with van der Waals surface area (Å²) < 4.78 is 0. The summed E-state index contributed by atoms with van der Waals surface area (Å²) in [5, 5.41) is 0. The van der Waals surface area contributed by atoms with E-state index >= 15 is 0 Å². The van der Waals surface area contributed by atoms with E-state index in [1.54, 1.807) is 6.92 Å². The zero-order chi connectivity index (χ0) is 11.4. The Morgan fingerprint density at radius 1 is 1.19 bits per heavy atom. The van der Waals surface area contributed by atoms with Gasteiger partial charge in [0.25, 0.3) is 5.91 Å². The van der Waals surface area contributed by atoms with Crippen LogP contribution in [-0.2, 0) is 11.2 Å². The molecule has 0 fully saturated rings. The van der Waals surface area contributed by atoms with E-state index in [0.717, 1.165) is 18.7 Å². The maximum atomic E-state index is 11.1. The molecule has 4 nitrogen and oxygen atoms in total. The van der Waals surface area contributed by atoms with Gasteiger partial charge in [-0.05, 0) is 18.9 Å². The Balaban J connectivity index is 1.92. The smallest absolute Gasteiger partial charge is 0.262 e. The molecule has 1 aliphatic heterocycles. The third kappa shape index (κ3) is 2.59. The summed E-state index contributed by atoms with van der Waals surface area (Å²) in [4.78, 5) is 15.4. The molecule has 0 aliphatic carbocycles. The van der Waals surface area contributed by atoms with Crippen LogP contribution in [0.2, 0.25) is 0 Å². The molecule has 84 valence electrons. The first-order valence-electron chi connectivity index (χ1n) is 5.42. The third-order valence-electron chi connectivity index (χ3n) is 2.55. The van der Waals surface area contributed by atoms with Crippen molar-refractivity contribution in [1.29, 1.82) is 0 Å². The highest BCUT2D eigenvalue weighted by atomic mass is 16.2. The summed E-state index contributed by atoms with van der Waals surface area (Å²) in [5.74, 6) is 0.763. The summed E-state index contributed by atoms with van der Waals surface area (Å²) in [6.45, 7) is 1.79. The Bertz CT molecular complexity index is 400. The number of amidine groups is 1. The van der Waals surface area contributed by atoms with Crippen molar-refractivity contribution in [2.75, 3.05) is 0 Å². The van der Waals surface area contributed by atoms with Gasteiger partial charge in [-0.3, -0.25) is 20.6 Å². The molecule has 0 aromatic heterocycles. The number of aliphatic imine (C=N–C) groups is 1. The summed E-state index contributed by atoms with van der Waals surface area (Å²) in [6.07, 6.45) is 1.74. The fraction of sp³-hybridized carbons (Fsp3) is 0.333. The van der Waals surface area contributed by atoms with Crippen LogP contribution in [0, 0.1) is 0 Å². The van der Waals surface area contributed by atoms with Crippen molar-refractivity contribution < 1.29 is 4.79 Å². The van der Waals surface area contributed by atoms with Crippen molar-refractivity contribution in [3.63, 3.8) is 0 Å². The minimum atomic E-state index is -0.285. The Kier molecular flexibility index (Phi) is 3.19. The molecule has 0 radical (unpaired) electrons. The second-order valence-electron chi connectivity index (χ2n) is 3.85. The summed E-state index contributed by atoms with van der Waals surface area (Å²) >= 11 is 0. The quantitative estimate of drug-likeness (QED) is 0.795. The maximum Gasteiger partial charge on any atom is 0.262 e. The van der Waals surface area contributed by atoms with E-state index in [1.165, 1.54) is 5.56 Å². The molecule has 4 heteroatoms. The topological polar surface area (TPSA) is 53.5 Å². The van der Waals surface area contributed by atoms with Crippen molar-refractivity contribution in [1.82, 2.24) is 10.9 Å². The molecule has 16 heavy (non-hydrogen) atoms. The van der Waals surface area contributed by atoms with Crippen molar-refractivity contribution in [2.24, 2.45) is 4.99 Å². The van der Waals surface area contributed by atoms with E-state index in [-0.39, 0.29) is 11.9 Å². The first-order chi connectivity index (χ1) is 7.75. The molecule has 0 bridgehead atoms. The Labute approximate surface area is 94.7 Å². The number of hydrazine groups is 1. The second kappa shape index (κ2) is 4.79. The molecule has 1 atom stereocenters. The molecule has 0 saturated heterocycles. The SMILES string of the molecule is CC1N=C(CCc2ccccc2)NNC1=O. The van der Waals surface area contributed by atoms with Crippen LogP contribution in [0.5, 0.6) is 0 Å². The first kappa shape index (κ1) is 10.7. The van der Waals surface area contributed by atoms with Crippen molar-refractivity contribution in [3.8, 4) is 0 Å². The fourth-order valence-corrected chi connectivity index (χ4v) is 1.60. The van der Waals surface area contributed by atoms with Gasteiger partial charge in [0.05, 0.1) is 0 Å². The molecule has 2 N–H and O–H groups in total. The average molecular weight is 217 g/mol. The zero-order valence-electron chi connectivity index (χ0n) is 9.23. The normalized spacial score (nSPS) is 19.7. The second-order valence-corrected chi connectivity index (χ2v) is 3.85. The predicted molar refractivity (Wildman–Crippen MR) is 62.9 cm³/mol. The molecular formula is C12H15N3O. The standard InChI is InChI=1S/C12H15N3O/c1-9-12(16)15-14-11(13-9)8-7-10-5-3-2-4-6-10/h2-6,9H,7-8H2,1H3,(H,13,14)(H,15,16).